The number of ether oxygens (including phenoxy) is 2. The molecule has 5 rings (SSSR count). The summed E-state index contributed by atoms with van der Waals surface area (Å²) in [5.41, 5.74) is 1.97. The molecule has 0 saturated carbocycles. The molecular weight excluding hydrogens is 544 g/mol. The van der Waals surface area contributed by atoms with Crippen LogP contribution in [0, 0.1) is 0 Å². The summed E-state index contributed by atoms with van der Waals surface area (Å²) in [7, 11) is 0. The van der Waals surface area contributed by atoms with Crippen LogP contribution in [0.25, 0.3) is 10.8 Å². The molecule has 0 saturated heterocycles. The van der Waals surface area contributed by atoms with Gasteiger partial charge in [-0.05, 0) is 61.7 Å². The molecule has 3 N–H and O–H groups in total. The maximum absolute atomic E-state index is 13.2. The third-order valence-electron chi connectivity index (χ3n) is 6.48. The predicted molar refractivity (Wildman–Crippen MR) is 167 cm³/mol. The van der Waals surface area contributed by atoms with Crippen molar-refractivity contribution in [2.45, 2.75) is 13.8 Å². The Morgan fingerprint density at radius 2 is 1.37 bits per heavy atom. The van der Waals surface area contributed by atoms with Gasteiger partial charge >= 0.3 is 0 Å². The number of hydrogen-bond donors (Lipinski definition) is 3. The second-order valence-corrected chi connectivity index (χ2v) is 9.34. The minimum Gasteiger partial charge on any atom is -0.505 e. The molecule has 0 heterocycles. The Hall–Kier alpha value is -5.70. The van der Waals surface area contributed by atoms with Crippen LogP contribution < -0.4 is 20.1 Å². The number of nitrogens with zero attached hydrogens (tertiary/aromatic N) is 2. The largest absolute Gasteiger partial charge is 0.505 e. The number of benzene rings is 5. The first-order valence-corrected chi connectivity index (χ1v) is 13.8. The standard InChI is InChI=1S/C34H30N4O5/c1-3-42-31-27(36-33(40)22-13-7-5-8-14-22)19-20-28(32(31)43-4-2)37-38-29-25-18-12-11-15-23(25)21-26(30(29)39)34(41)35-24-16-9-6-10-17-24/h5-21,39H,3-4H2,1-2H3,(H,35,41)(H,36,40). The molecule has 0 aliphatic heterocycles. The van der Waals surface area contributed by atoms with Gasteiger partial charge in [0.05, 0.1) is 24.5 Å². The van der Waals surface area contributed by atoms with Crippen molar-refractivity contribution >= 4 is 45.3 Å². The molecule has 0 unspecified atom stereocenters. The molecule has 0 aliphatic carbocycles. The van der Waals surface area contributed by atoms with Crippen LogP contribution in [0.2, 0.25) is 0 Å². The van der Waals surface area contributed by atoms with E-state index in [1.54, 1.807) is 72.8 Å². The van der Waals surface area contributed by atoms with E-state index in [0.717, 1.165) is 0 Å². The minimum absolute atomic E-state index is 0.0514. The fourth-order valence-corrected chi connectivity index (χ4v) is 4.50. The molecule has 9 heteroatoms. The van der Waals surface area contributed by atoms with Gasteiger partial charge in [0.15, 0.2) is 17.2 Å². The van der Waals surface area contributed by atoms with Gasteiger partial charge in [-0.25, -0.2) is 0 Å². The van der Waals surface area contributed by atoms with Crippen molar-refractivity contribution in [2.75, 3.05) is 23.8 Å². The van der Waals surface area contributed by atoms with Crippen molar-refractivity contribution in [3.05, 3.63) is 114 Å². The van der Waals surface area contributed by atoms with Gasteiger partial charge in [0.2, 0.25) is 0 Å². The zero-order valence-corrected chi connectivity index (χ0v) is 23.7. The van der Waals surface area contributed by atoms with Gasteiger partial charge in [-0.3, -0.25) is 9.59 Å². The van der Waals surface area contributed by atoms with E-state index in [-0.39, 0.29) is 28.7 Å². The molecule has 0 aromatic heterocycles. The first kappa shape index (κ1) is 28.8. The van der Waals surface area contributed by atoms with Crippen molar-refractivity contribution in [2.24, 2.45) is 10.2 Å². The van der Waals surface area contributed by atoms with E-state index in [2.05, 4.69) is 20.9 Å². The van der Waals surface area contributed by atoms with Crippen molar-refractivity contribution in [3.8, 4) is 17.2 Å². The summed E-state index contributed by atoms with van der Waals surface area (Å²) in [6, 6.07) is 30.0. The average molecular weight is 575 g/mol. The SMILES string of the molecule is CCOc1c(N=Nc2c(O)c(C(=O)Nc3ccccc3)cc3ccccc23)ccc(NC(=O)c2ccccc2)c1OCC. The lowest BCUT2D eigenvalue weighted by Gasteiger charge is -2.17. The van der Waals surface area contributed by atoms with Crippen LogP contribution in [0.3, 0.4) is 0 Å². The topological polar surface area (TPSA) is 122 Å². The number of anilines is 2. The van der Waals surface area contributed by atoms with Gasteiger partial charge in [-0.15, -0.1) is 10.2 Å². The molecule has 43 heavy (non-hydrogen) atoms. The Morgan fingerprint density at radius 3 is 2.09 bits per heavy atom. The maximum Gasteiger partial charge on any atom is 0.259 e. The second-order valence-electron chi connectivity index (χ2n) is 9.34. The lowest BCUT2D eigenvalue weighted by molar-refractivity contribution is 0.101. The van der Waals surface area contributed by atoms with E-state index in [0.29, 0.717) is 52.4 Å². The summed E-state index contributed by atoms with van der Waals surface area (Å²) in [5, 5.41) is 27.1. The number of hydrogen-bond acceptors (Lipinski definition) is 7. The zero-order chi connectivity index (χ0) is 30.2. The number of para-hydroxylation sites is 1. The summed E-state index contributed by atoms with van der Waals surface area (Å²) in [6.45, 7) is 4.24. The van der Waals surface area contributed by atoms with Crippen molar-refractivity contribution in [1.82, 2.24) is 0 Å². The fourth-order valence-electron chi connectivity index (χ4n) is 4.50. The number of nitrogens with one attached hydrogen (secondary N) is 2. The Morgan fingerprint density at radius 1 is 0.721 bits per heavy atom. The molecule has 0 radical (unpaired) electrons. The summed E-state index contributed by atoms with van der Waals surface area (Å²) in [5.74, 6) is -0.528. The zero-order valence-electron chi connectivity index (χ0n) is 23.7. The fraction of sp³-hybridized carbons (Fsp3) is 0.118. The van der Waals surface area contributed by atoms with E-state index in [1.165, 1.54) is 0 Å². The summed E-state index contributed by atoms with van der Waals surface area (Å²) in [4.78, 5) is 26.1. The molecule has 5 aromatic rings. The Kier molecular flexibility index (Phi) is 8.92. The highest BCUT2D eigenvalue weighted by atomic mass is 16.5. The molecule has 0 spiro atoms. The summed E-state index contributed by atoms with van der Waals surface area (Å²) >= 11 is 0. The van der Waals surface area contributed by atoms with E-state index >= 15 is 0 Å². The van der Waals surface area contributed by atoms with Crippen LogP contribution >= 0.6 is 0 Å². The third kappa shape index (κ3) is 6.46. The van der Waals surface area contributed by atoms with Crippen molar-refractivity contribution in [1.29, 1.82) is 0 Å². The van der Waals surface area contributed by atoms with Gasteiger partial charge in [0, 0.05) is 16.6 Å². The van der Waals surface area contributed by atoms with Gasteiger partial charge in [0.25, 0.3) is 11.8 Å². The van der Waals surface area contributed by atoms with Crippen LogP contribution in [-0.4, -0.2) is 30.1 Å². The lowest BCUT2D eigenvalue weighted by atomic mass is 10.0. The molecule has 0 aliphatic rings. The molecule has 0 bridgehead atoms. The average Bonchev–Trinajstić information content (AvgIpc) is 3.03. The van der Waals surface area contributed by atoms with Crippen molar-refractivity contribution < 1.29 is 24.2 Å². The summed E-state index contributed by atoms with van der Waals surface area (Å²) < 4.78 is 11.8. The third-order valence-corrected chi connectivity index (χ3v) is 6.48. The molecule has 216 valence electrons. The molecule has 0 atom stereocenters. The number of carbonyl (C=O) groups is 2. The number of phenols is 1. The van der Waals surface area contributed by atoms with E-state index in [1.807, 2.05) is 44.2 Å². The quantitative estimate of drug-likeness (QED) is 0.145. The van der Waals surface area contributed by atoms with E-state index in [4.69, 9.17) is 9.47 Å². The molecule has 2 amide bonds. The van der Waals surface area contributed by atoms with Gasteiger partial charge < -0.3 is 25.2 Å². The molecular formula is C34H30N4O5. The van der Waals surface area contributed by atoms with Crippen LogP contribution in [-0.2, 0) is 0 Å². The van der Waals surface area contributed by atoms with Crippen molar-refractivity contribution in [3.63, 3.8) is 0 Å². The number of phenolic OH excluding ortho intramolecular Hbond substituents is 1. The maximum atomic E-state index is 13.2. The smallest absolute Gasteiger partial charge is 0.259 e. The normalized spacial score (nSPS) is 10.9. The number of aromatic hydroxyl groups is 1. The number of fused-ring (bicyclic) bond motifs is 1. The number of carbonyl (C=O) groups excluding carboxylic acids is 2. The first-order valence-electron chi connectivity index (χ1n) is 13.8. The van der Waals surface area contributed by atoms with Crippen LogP contribution in [0.4, 0.5) is 22.7 Å². The lowest BCUT2D eigenvalue weighted by Crippen LogP contribution is -2.13. The highest BCUT2D eigenvalue weighted by Gasteiger charge is 2.21. The van der Waals surface area contributed by atoms with Crippen LogP contribution in [0.5, 0.6) is 17.2 Å². The number of amides is 2. The molecule has 0 fully saturated rings. The van der Waals surface area contributed by atoms with Crippen LogP contribution in [0.1, 0.15) is 34.6 Å². The monoisotopic (exact) mass is 574 g/mol. The van der Waals surface area contributed by atoms with Gasteiger partial charge in [0.1, 0.15) is 11.4 Å². The first-order chi connectivity index (χ1) is 21.0. The van der Waals surface area contributed by atoms with Gasteiger partial charge in [-0.1, -0.05) is 60.7 Å². The Bertz CT molecular complexity index is 1790. The number of rotatable bonds is 10. The Labute approximate surface area is 248 Å². The minimum atomic E-state index is -0.488. The van der Waals surface area contributed by atoms with Gasteiger partial charge in [-0.2, -0.15) is 0 Å². The van der Waals surface area contributed by atoms with E-state index < -0.39 is 5.91 Å². The highest BCUT2D eigenvalue weighted by Crippen LogP contribution is 2.45. The molecule has 9 nitrogen and oxygen atoms in total. The predicted octanol–water partition coefficient (Wildman–Crippen LogP) is 8.26. The number of azo groups is 1. The van der Waals surface area contributed by atoms with Crippen LogP contribution in [0.15, 0.2) is 113 Å². The summed E-state index contributed by atoms with van der Waals surface area (Å²) in [6.07, 6.45) is 0. The van der Waals surface area contributed by atoms with E-state index in [9.17, 15) is 14.7 Å². The second kappa shape index (κ2) is 13.3. The highest BCUT2D eigenvalue weighted by molar-refractivity contribution is 6.11. The Balaban J connectivity index is 1.55. The molecule has 5 aromatic carbocycles.